The highest BCUT2D eigenvalue weighted by atomic mass is 14.8. The summed E-state index contributed by atoms with van der Waals surface area (Å²) in [6.45, 7) is 2.04. The molecule has 0 aliphatic heterocycles. The van der Waals surface area contributed by atoms with E-state index < -0.39 is 0 Å². The smallest absolute Gasteiger partial charge is 0.143 e. The summed E-state index contributed by atoms with van der Waals surface area (Å²) in [5.41, 5.74) is 3.42. The molecule has 0 fully saturated rings. The van der Waals surface area contributed by atoms with E-state index >= 15 is 0 Å². The molecule has 3 nitrogen and oxygen atoms in total. The second-order valence-electron chi connectivity index (χ2n) is 3.44. The number of nitrogens with one attached hydrogen (secondary N) is 1. The van der Waals surface area contributed by atoms with Crippen molar-refractivity contribution in [3.8, 4) is 6.07 Å². The normalized spacial score (nSPS) is 9.93. The van der Waals surface area contributed by atoms with E-state index in [9.17, 15) is 0 Å². The van der Waals surface area contributed by atoms with Gasteiger partial charge in [-0.3, -0.25) is 0 Å². The van der Waals surface area contributed by atoms with Crippen molar-refractivity contribution in [1.82, 2.24) is 4.98 Å². The standard InChI is InChI=1S/C12H11N3/c1-8-3-4-11-10(5-8)12(14-2)6-9(7-13)15-11/h3-6H,1-2H3,(H,14,15). The molecule has 0 saturated heterocycles. The summed E-state index contributed by atoms with van der Waals surface area (Å²) in [5, 5.41) is 13.0. The number of rotatable bonds is 1. The van der Waals surface area contributed by atoms with Crippen LogP contribution in [0.5, 0.6) is 0 Å². The minimum atomic E-state index is 0.440. The molecular formula is C12H11N3. The molecule has 2 aromatic rings. The summed E-state index contributed by atoms with van der Waals surface area (Å²) in [4.78, 5) is 4.24. The Morgan fingerprint density at radius 1 is 1.33 bits per heavy atom. The molecule has 1 aromatic carbocycles. The average Bonchev–Trinajstić information content (AvgIpc) is 2.27. The van der Waals surface area contributed by atoms with Crippen LogP contribution in [0, 0.1) is 18.3 Å². The lowest BCUT2D eigenvalue weighted by Gasteiger charge is -2.06. The largest absolute Gasteiger partial charge is 0.387 e. The zero-order valence-corrected chi connectivity index (χ0v) is 8.70. The second-order valence-corrected chi connectivity index (χ2v) is 3.44. The Labute approximate surface area is 88.4 Å². The predicted molar refractivity (Wildman–Crippen MR) is 60.7 cm³/mol. The third-order valence-corrected chi connectivity index (χ3v) is 2.35. The molecule has 0 aliphatic rings. The molecule has 15 heavy (non-hydrogen) atoms. The van der Waals surface area contributed by atoms with Gasteiger partial charge in [0.05, 0.1) is 5.52 Å². The van der Waals surface area contributed by atoms with Crippen LogP contribution in [0.2, 0.25) is 0 Å². The molecular weight excluding hydrogens is 186 g/mol. The van der Waals surface area contributed by atoms with Gasteiger partial charge in [-0.25, -0.2) is 4.98 Å². The van der Waals surface area contributed by atoms with E-state index in [0.717, 1.165) is 16.6 Å². The third kappa shape index (κ3) is 1.62. The van der Waals surface area contributed by atoms with Crippen molar-refractivity contribution in [2.45, 2.75) is 6.92 Å². The van der Waals surface area contributed by atoms with Crippen molar-refractivity contribution in [3.05, 3.63) is 35.5 Å². The first-order valence-electron chi connectivity index (χ1n) is 4.74. The van der Waals surface area contributed by atoms with Gasteiger partial charge >= 0.3 is 0 Å². The number of anilines is 1. The first-order chi connectivity index (χ1) is 7.24. The van der Waals surface area contributed by atoms with Gasteiger partial charge in [0.15, 0.2) is 0 Å². The van der Waals surface area contributed by atoms with Gasteiger partial charge in [-0.2, -0.15) is 5.26 Å². The quantitative estimate of drug-likeness (QED) is 0.763. The molecule has 0 atom stereocenters. The van der Waals surface area contributed by atoms with Crippen molar-refractivity contribution in [3.63, 3.8) is 0 Å². The van der Waals surface area contributed by atoms with Crippen LogP contribution in [0.3, 0.4) is 0 Å². The van der Waals surface area contributed by atoms with Crippen molar-refractivity contribution in [2.24, 2.45) is 0 Å². The molecule has 1 aromatic heterocycles. The number of aromatic nitrogens is 1. The van der Waals surface area contributed by atoms with Crippen LogP contribution in [-0.2, 0) is 0 Å². The van der Waals surface area contributed by atoms with Gasteiger partial charge in [0.2, 0.25) is 0 Å². The molecule has 0 bridgehead atoms. The Morgan fingerprint density at radius 3 is 2.80 bits per heavy atom. The summed E-state index contributed by atoms with van der Waals surface area (Å²) in [5.74, 6) is 0. The molecule has 1 N–H and O–H groups in total. The van der Waals surface area contributed by atoms with Crippen molar-refractivity contribution in [2.75, 3.05) is 12.4 Å². The predicted octanol–water partition coefficient (Wildman–Crippen LogP) is 2.46. The first kappa shape index (κ1) is 9.47. The molecule has 0 radical (unpaired) electrons. The van der Waals surface area contributed by atoms with Crippen molar-refractivity contribution < 1.29 is 0 Å². The Hall–Kier alpha value is -2.08. The summed E-state index contributed by atoms with van der Waals surface area (Å²) < 4.78 is 0. The lowest BCUT2D eigenvalue weighted by Crippen LogP contribution is -1.94. The third-order valence-electron chi connectivity index (χ3n) is 2.35. The zero-order valence-electron chi connectivity index (χ0n) is 8.70. The highest BCUT2D eigenvalue weighted by molar-refractivity contribution is 5.92. The van der Waals surface area contributed by atoms with E-state index in [4.69, 9.17) is 5.26 Å². The minimum absolute atomic E-state index is 0.440. The van der Waals surface area contributed by atoms with E-state index in [-0.39, 0.29) is 0 Å². The Bertz CT molecular complexity index is 553. The van der Waals surface area contributed by atoms with Gasteiger partial charge < -0.3 is 5.32 Å². The lowest BCUT2D eigenvalue weighted by atomic mass is 10.1. The molecule has 1 heterocycles. The van der Waals surface area contributed by atoms with E-state index in [1.807, 2.05) is 26.1 Å². The van der Waals surface area contributed by atoms with Gasteiger partial charge in [0, 0.05) is 18.1 Å². The number of pyridine rings is 1. The number of fused-ring (bicyclic) bond motifs is 1. The fourth-order valence-electron chi connectivity index (χ4n) is 1.60. The Morgan fingerprint density at radius 2 is 2.13 bits per heavy atom. The number of hydrogen-bond acceptors (Lipinski definition) is 3. The molecule has 3 heteroatoms. The van der Waals surface area contributed by atoms with Gasteiger partial charge in [-0.1, -0.05) is 11.6 Å². The van der Waals surface area contributed by atoms with Gasteiger partial charge in [0.1, 0.15) is 11.8 Å². The van der Waals surface area contributed by atoms with Crippen LogP contribution < -0.4 is 5.32 Å². The maximum atomic E-state index is 8.83. The van der Waals surface area contributed by atoms with Crippen LogP contribution in [0.15, 0.2) is 24.3 Å². The second kappa shape index (κ2) is 3.58. The van der Waals surface area contributed by atoms with E-state index in [2.05, 4.69) is 22.4 Å². The molecule has 0 amide bonds. The fraction of sp³-hybridized carbons (Fsp3) is 0.167. The van der Waals surface area contributed by atoms with E-state index in [1.54, 1.807) is 6.07 Å². The molecule has 0 unspecified atom stereocenters. The van der Waals surface area contributed by atoms with Gasteiger partial charge in [-0.15, -0.1) is 0 Å². The first-order valence-corrected chi connectivity index (χ1v) is 4.74. The molecule has 0 aliphatic carbocycles. The fourth-order valence-corrected chi connectivity index (χ4v) is 1.60. The number of nitriles is 1. The van der Waals surface area contributed by atoms with Gasteiger partial charge in [0.25, 0.3) is 0 Å². The number of nitrogens with zero attached hydrogens (tertiary/aromatic N) is 2. The van der Waals surface area contributed by atoms with Crippen molar-refractivity contribution >= 4 is 16.6 Å². The van der Waals surface area contributed by atoms with E-state index in [0.29, 0.717) is 5.69 Å². The van der Waals surface area contributed by atoms with Gasteiger partial charge in [-0.05, 0) is 25.1 Å². The monoisotopic (exact) mass is 197 g/mol. The molecule has 74 valence electrons. The van der Waals surface area contributed by atoms with E-state index in [1.165, 1.54) is 5.56 Å². The highest BCUT2D eigenvalue weighted by Crippen LogP contribution is 2.23. The maximum Gasteiger partial charge on any atom is 0.143 e. The van der Waals surface area contributed by atoms with Crippen LogP contribution in [0.1, 0.15) is 11.3 Å². The summed E-state index contributed by atoms with van der Waals surface area (Å²) in [6, 6.07) is 9.82. The molecule has 0 saturated carbocycles. The van der Waals surface area contributed by atoms with Crippen LogP contribution in [-0.4, -0.2) is 12.0 Å². The topological polar surface area (TPSA) is 48.7 Å². The van der Waals surface area contributed by atoms with Crippen LogP contribution in [0.4, 0.5) is 5.69 Å². The summed E-state index contributed by atoms with van der Waals surface area (Å²) in [7, 11) is 1.85. The molecule has 0 spiro atoms. The Kier molecular flexibility index (Phi) is 2.26. The van der Waals surface area contributed by atoms with Crippen LogP contribution >= 0.6 is 0 Å². The summed E-state index contributed by atoms with van der Waals surface area (Å²) in [6.07, 6.45) is 0. The number of hydrogen-bond donors (Lipinski definition) is 1. The lowest BCUT2D eigenvalue weighted by molar-refractivity contribution is 1.31. The SMILES string of the molecule is CNc1cc(C#N)nc2ccc(C)cc12. The number of benzene rings is 1. The highest BCUT2D eigenvalue weighted by Gasteiger charge is 2.04. The maximum absolute atomic E-state index is 8.83. The Balaban J connectivity index is 2.82. The summed E-state index contributed by atoms with van der Waals surface area (Å²) >= 11 is 0. The zero-order chi connectivity index (χ0) is 10.8. The van der Waals surface area contributed by atoms with Crippen molar-refractivity contribution in [1.29, 1.82) is 5.26 Å². The number of aryl methyl sites for hydroxylation is 1. The average molecular weight is 197 g/mol. The van der Waals surface area contributed by atoms with Crippen LogP contribution in [0.25, 0.3) is 10.9 Å². The minimum Gasteiger partial charge on any atom is -0.387 e. The molecule has 2 rings (SSSR count).